The molecule has 0 aromatic heterocycles. The standard InChI is InChI=1S/C20H32O3/c1-15(23-14-16-9-7-6-8-10-16)11-12-17-18(20(17,2)3)13-19(21-4)22-5/h6-10,15,17-19H,11-14H2,1-5H3. The summed E-state index contributed by atoms with van der Waals surface area (Å²) in [4.78, 5) is 0. The lowest BCUT2D eigenvalue weighted by molar-refractivity contribution is -0.110. The molecule has 0 amide bonds. The van der Waals surface area contributed by atoms with Gasteiger partial charge in [-0.05, 0) is 42.6 Å². The Bertz CT molecular complexity index is 453. The summed E-state index contributed by atoms with van der Waals surface area (Å²) in [5, 5.41) is 0. The van der Waals surface area contributed by atoms with E-state index < -0.39 is 0 Å². The minimum atomic E-state index is -0.0731. The molecule has 3 atom stereocenters. The van der Waals surface area contributed by atoms with Crippen LogP contribution in [0.2, 0.25) is 0 Å². The highest BCUT2D eigenvalue weighted by Gasteiger charge is 2.57. The molecule has 3 heteroatoms. The highest BCUT2D eigenvalue weighted by molar-refractivity contribution is 5.13. The summed E-state index contributed by atoms with van der Waals surface area (Å²) >= 11 is 0. The molecule has 3 unspecified atom stereocenters. The molecule has 0 radical (unpaired) electrons. The molecule has 1 aromatic carbocycles. The SMILES string of the molecule is COC(CC1C(CCC(C)OCc2ccccc2)C1(C)C)OC. The first-order chi connectivity index (χ1) is 11.0. The molecule has 1 aromatic rings. The van der Waals surface area contributed by atoms with Crippen molar-refractivity contribution in [2.45, 2.75) is 59.0 Å². The van der Waals surface area contributed by atoms with Crippen molar-refractivity contribution in [3.05, 3.63) is 35.9 Å². The van der Waals surface area contributed by atoms with E-state index in [0.717, 1.165) is 18.8 Å². The zero-order chi connectivity index (χ0) is 16.9. The number of rotatable bonds is 10. The van der Waals surface area contributed by atoms with Crippen molar-refractivity contribution >= 4 is 0 Å². The van der Waals surface area contributed by atoms with Crippen molar-refractivity contribution < 1.29 is 14.2 Å². The molecule has 0 bridgehead atoms. The molecule has 2 rings (SSSR count). The second-order valence-electron chi connectivity index (χ2n) is 7.36. The van der Waals surface area contributed by atoms with Gasteiger partial charge in [-0.2, -0.15) is 0 Å². The maximum atomic E-state index is 5.98. The normalized spacial score (nSPS) is 23.9. The van der Waals surface area contributed by atoms with Crippen LogP contribution in [0.25, 0.3) is 0 Å². The smallest absolute Gasteiger partial charge is 0.157 e. The monoisotopic (exact) mass is 320 g/mol. The Morgan fingerprint density at radius 3 is 2.30 bits per heavy atom. The predicted octanol–water partition coefficient (Wildman–Crippen LogP) is 4.65. The van der Waals surface area contributed by atoms with Crippen LogP contribution in [0.4, 0.5) is 0 Å². The van der Waals surface area contributed by atoms with Gasteiger partial charge in [0.1, 0.15) is 0 Å². The Morgan fingerprint density at radius 2 is 1.70 bits per heavy atom. The fourth-order valence-electron chi connectivity index (χ4n) is 3.71. The van der Waals surface area contributed by atoms with Gasteiger partial charge >= 0.3 is 0 Å². The van der Waals surface area contributed by atoms with E-state index >= 15 is 0 Å². The van der Waals surface area contributed by atoms with Gasteiger partial charge in [-0.1, -0.05) is 44.2 Å². The van der Waals surface area contributed by atoms with Gasteiger partial charge in [0.15, 0.2) is 6.29 Å². The summed E-state index contributed by atoms with van der Waals surface area (Å²) in [5.74, 6) is 1.44. The van der Waals surface area contributed by atoms with Crippen molar-refractivity contribution in [3.8, 4) is 0 Å². The largest absolute Gasteiger partial charge is 0.374 e. The maximum Gasteiger partial charge on any atom is 0.157 e. The molecule has 130 valence electrons. The van der Waals surface area contributed by atoms with E-state index in [0.29, 0.717) is 24.0 Å². The molecule has 3 nitrogen and oxygen atoms in total. The minimum absolute atomic E-state index is 0.0731. The lowest BCUT2D eigenvalue weighted by atomic mass is 10.0. The molecule has 23 heavy (non-hydrogen) atoms. The van der Waals surface area contributed by atoms with Gasteiger partial charge in [0.25, 0.3) is 0 Å². The molecule has 1 aliphatic carbocycles. The third kappa shape index (κ3) is 5.03. The third-order valence-corrected chi connectivity index (χ3v) is 5.52. The average Bonchev–Trinajstić information content (AvgIpc) is 3.08. The van der Waals surface area contributed by atoms with Gasteiger partial charge in [-0.3, -0.25) is 0 Å². The van der Waals surface area contributed by atoms with E-state index in [9.17, 15) is 0 Å². The first-order valence-electron chi connectivity index (χ1n) is 8.70. The van der Waals surface area contributed by atoms with E-state index in [1.807, 2.05) is 6.07 Å². The fraction of sp³-hybridized carbons (Fsp3) is 0.700. The van der Waals surface area contributed by atoms with E-state index in [-0.39, 0.29) is 6.29 Å². The Morgan fingerprint density at radius 1 is 1.04 bits per heavy atom. The van der Waals surface area contributed by atoms with Crippen LogP contribution in [0, 0.1) is 17.3 Å². The number of methoxy groups -OCH3 is 2. The first kappa shape index (κ1) is 18.4. The maximum absolute atomic E-state index is 5.98. The van der Waals surface area contributed by atoms with Crippen LogP contribution in [0.3, 0.4) is 0 Å². The summed E-state index contributed by atoms with van der Waals surface area (Å²) < 4.78 is 16.7. The fourth-order valence-corrected chi connectivity index (χ4v) is 3.71. The van der Waals surface area contributed by atoms with Gasteiger partial charge in [0.05, 0.1) is 12.7 Å². The molecule has 0 heterocycles. The summed E-state index contributed by atoms with van der Waals surface area (Å²) in [6, 6.07) is 10.4. The summed E-state index contributed by atoms with van der Waals surface area (Å²) in [6.45, 7) is 7.61. The highest BCUT2D eigenvalue weighted by Crippen LogP contribution is 2.62. The Balaban J connectivity index is 1.70. The van der Waals surface area contributed by atoms with Gasteiger partial charge in [-0.15, -0.1) is 0 Å². The van der Waals surface area contributed by atoms with Crippen LogP contribution >= 0.6 is 0 Å². The van der Waals surface area contributed by atoms with Crippen molar-refractivity contribution in [1.29, 1.82) is 0 Å². The molecule has 1 aliphatic rings. The Hall–Kier alpha value is -0.900. The summed E-state index contributed by atoms with van der Waals surface area (Å²) in [5.41, 5.74) is 1.64. The average molecular weight is 320 g/mol. The number of benzene rings is 1. The molecule has 1 fully saturated rings. The molecule has 1 saturated carbocycles. The number of hydrogen-bond donors (Lipinski definition) is 0. The van der Waals surface area contributed by atoms with Gasteiger partial charge < -0.3 is 14.2 Å². The summed E-state index contributed by atoms with van der Waals surface area (Å²) in [6.07, 6.45) is 3.55. The second kappa shape index (κ2) is 8.27. The Labute approximate surface area is 141 Å². The Kier molecular flexibility index (Phi) is 6.63. The lowest BCUT2D eigenvalue weighted by Gasteiger charge is -2.14. The second-order valence-corrected chi connectivity index (χ2v) is 7.36. The topological polar surface area (TPSA) is 27.7 Å². The van der Waals surface area contributed by atoms with Crippen LogP contribution in [0.15, 0.2) is 30.3 Å². The first-order valence-corrected chi connectivity index (χ1v) is 8.70. The van der Waals surface area contributed by atoms with Crippen LogP contribution in [0.1, 0.15) is 45.6 Å². The quantitative estimate of drug-likeness (QED) is 0.587. The number of ether oxygens (including phenoxy) is 3. The van der Waals surface area contributed by atoms with Crippen LogP contribution in [-0.2, 0) is 20.8 Å². The van der Waals surface area contributed by atoms with Crippen molar-refractivity contribution in [1.82, 2.24) is 0 Å². The molecular formula is C20H32O3. The van der Waals surface area contributed by atoms with Crippen molar-refractivity contribution in [2.75, 3.05) is 14.2 Å². The highest BCUT2D eigenvalue weighted by atomic mass is 16.7. The zero-order valence-electron chi connectivity index (χ0n) is 15.2. The molecule has 0 saturated heterocycles. The molecule has 0 N–H and O–H groups in total. The van der Waals surface area contributed by atoms with Crippen molar-refractivity contribution in [3.63, 3.8) is 0 Å². The predicted molar refractivity (Wildman–Crippen MR) is 93.1 cm³/mol. The third-order valence-electron chi connectivity index (χ3n) is 5.52. The van der Waals surface area contributed by atoms with E-state index in [4.69, 9.17) is 14.2 Å². The minimum Gasteiger partial charge on any atom is -0.374 e. The van der Waals surface area contributed by atoms with Crippen LogP contribution < -0.4 is 0 Å². The zero-order valence-corrected chi connectivity index (χ0v) is 15.2. The van der Waals surface area contributed by atoms with Crippen LogP contribution in [-0.4, -0.2) is 26.6 Å². The lowest BCUT2D eigenvalue weighted by Crippen LogP contribution is -2.15. The van der Waals surface area contributed by atoms with Gasteiger partial charge in [0, 0.05) is 20.6 Å². The van der Waals surface area contributed by atoms with Gasteiger partial charge in [0.2, 0.25) is 0 Å². The van der Waals surface area contributed by atoms with E-state index in [1.165, 1.54) is 12.0 Å². The molecule has 0 aliphatic heterocycles. The number of hydrogen-bond acceptors (Lipinski definition) is 3. The molecule has 0 spiro atoms. The van der Waals surface area contributed by atoms with E-state index in [1.54, 1.807) is 14.2 Å². The molecular weight excluding hydrogens is 288 g/mol. The van der Waals surface area contributed by atoms with Crippen LogP contribution in [0.5, 0.6) is 0 Å². The summed E-state index contributed by atoms with van der Waals surface area (Å²) in [7, 11) is 3.44. The van der Waals surface area contributed by atoms with Gasteiger partial charge in [-0.25, -0.2) is 0 Å². The van der Waals surface area contributed by atoms with Crippen molar-refractivity contribution in [2.24, 2.45) is 17.3 Å². The van der Waals surface area contributed by atoms with E-state index in [2.05, 4.69) is 45.0 Å².